The summed E-state index contributed by atoms with van der Waals surface area (Å²) in [5.74, 6) is -0.0748. The lowest BCUT2D eigenvalue weighted by Gasteiger charge is -2.20. The number of aryl methyl sites for hydroxylation is 2. The second-order valence-corrected chi connectivity index (χ2v) is 6.37. The molecule has 1 saturated heterocycles. The molecule has 1 aromatic heterocycles. The molecule has 1 amide bonds. The number of amides is 1. The lowest BCUT2D eigenvalue weighted by molar-refractivity contribution is -0.122. The summed E-state index contributed by atoms with van der Waals surface area (Å²) in [4.78, 5) is 29.0. The van der Waals surface area contributed by atoms with Gasteiger partial charge in [0, 0.05) is 19.6 Å². The minimum atomic E-state index is -0.108. The highest BCUT2D eigenvalue weighted by molar-refractivity contribution is 5.80. The number of aromatic nitrogens is 2. The summed E-state index contributed by atoms with van der Waals surface area (Å²) in [5, 5.41) is 3.55. The van der Waals surface area contributed by atoms with Gasteiger partial charge in [-0.3, -0.25) is 14.2 Å². The lowest BCUT2D eigenvalue weighted by Crippen LogP contribution is -2.41. The van der Waals surface area contributed by atoms with Crippen LogP contribution in [0, 0.1) is 6.92 Å². The molecule has 2 atom stereocenters. The van der Waals surface area contributed by atoms with Gasteiger partial charge < -0.3 is 10.1 Å². The molecule has 1 fully saturated rings. The molecule has 3 rings (SSSR count). The molecule has 128 valence electrons. The van der Waals surface area contributed by atoms with Gasteiger partial charge in [0.15, 0.2) is 0 Å². The molecule has 2 aromatic rings. The van der Waals surface area contributed by atoms with Gasteiger partial charge in [0.1, 0.15) is 0 Å². The molecule has 1 N–H and O–H groups in total. The number of nitrogens with zero attached hydrogens (tertiary/aromatic N) is 2. The Bertz CT molecular complexity index is 794. The number of ether oxygens (including phenoxy) is 1. The molecule has 1 aliphatic heterocycles. The summed E-state index contributed by atoms with van der Waals surface area (Å²) in [6.07, 6.45) is 3.89. The molecule has 6 nitrogen and oxygen atoms in total. The summed E-state index contributed by atoms with van der Waals surface area (Å²) in [6, 6.07) is 5.54. The molecule has 0 bridgehead atoms. The van der Waals surface area contributed by atoms with Gasteiger partial charge in [0.2, 0.25) is 5.91 Å². The van der Waals surface area contributed by atoms with Crippen molar-refractivity contribution in [2.75, 3.05) is 6.61 Å². The number of carbonyl (C=O) groups excluding carboxylic acids is 1. The maximum absolute atomic E-state index is 12.5. The van der Waals surface area contributed by atoms with Gasteiger partial charge in [-0.15, -0.1) is 0 Å². The summed E-state index contributed by atoms with van der Waals surface area (Å²) in [5.41, 5.74) is 1.58. The van der Waals surface area contributed by atoms with Crippen molar-refractivity contribution >= 4 is 16.8 Å². The van der Waals surface area contributed by atoms with E-state index in [-0.39, 0.29) is 30.0 Å². The minimum absolute atomic E-state index is 0.00546. The molecule has 0 unspecified atom stereocenters. The maximum atomic E-state index is 12.5. The average molecular weight is 329 g/mol. The van der Waals surface area contributed by atoms with E-state index in [9.17, 15) is 9.59 Å². The van der Waals surface area contributed by atoms with E-state index in [2.05, 4.69) is 10.3 Å². The largest absolute Gasteiger partial charge is 0.376 e. The molecule has 0 spiro atoms. The van der Waals surface area contributed by atoms with Crippen LogP contribution in [0.1, 0.15) is 31.7 Å². The molecular weight excluding hydrogens is 306 g/mol. The monoisotopic (exact) mass is 329 g/mol. The van der Waals surface area contributed by atoms with Crippen molar-refractivity contribution in [3.05, 3.63) is 40.4 Å². The number of fused-ring (bicyclic) bond motifs is 1. The van der Waals surface area contributed by atoms with E-state index in [1.165, 1.54) is 10.9 Å². The Kier molecular flexibility index (Phi) is 4.94. The van der Waals surface area contributed by atoms with Crippen molar-refractivity contribution in [3.8, 4) is 0 Å². The van der Waals surface area contributed by atoms with Crippen LogP contribution >= 0.6 is 0 Å². The second kappa shape index (κ2) is 7.13. The van der Waals surface area contributed by atoms with Crippen molar-refractivity contribution in [2.24, 2.45) is 0 Å². The van der Waals surface area contributed by atoms with Crippen LogP contribution in [-0.4, -0.2) is 34.2 Å². The lowest BCUT2D eigenvalue weighted by atomic mass is 10.1. The highest BCUT2D eigenvalue weighted by Gasteiger charge is 2.23. The van der Waals surface area contributed by atoms with Crippen LogP contribution in [0.2, 0.25) is 0 Å². The SMILES string of the molecule is Cc1cccc2c(=O)n(CCC(=O)N[C@@H](C)[C@H]3CCCO3)cnc12. The van der Waals surface area contributed by atoms with Crippen LogP contribution in [0.3, 0.4) is 0 Å². The molecule has 1 aromatic carbocycles. The molecular formula is C18H23N3O3. The number of hydrogen-bond donors (Lipinski definition) is 1. The summed E-state index contributed by atoms with van der Waals surface area (Å²) >= 11 is 0. The van der Waals surface area contributed by atoms with E-state index >= 15 is 0 Å². The van der Waals surface area contributed by atoms with Gasteiger partial charge in [-0.05, 0) is 38.3 Å². The second-order valence-electron chi connectivity index (χ2n) is 6.37. The van der Waals surface area contributed by atoms with Gasteiger partial charge in [0.25, 0.3) is 5.56 Å². The fourth-order valence-corrected chi connectivity index (χ4v) is 3.13. The third-order valence-electron chi connectivity index (χ3n) is 4.55. The fraction of sp³-hybridized carbons (Fsp3) is 0.500. The van der Waals surface area contributed by atoms with E-state index in [4.69, 9.17) is 4.74 Å². The number of carbonyl (C=O) groups is 1. The van der Waals surface area contributed by atoms with E-state index in [0.717, 1.165) is 30.5 Å². The van der Waals surface area contributed by atoms with Gasteiger partial charge in [-0.25, -0.2) is 4.98 Å². The zero-order chi connectivity index (χ0) is 17.1. The smallest absolute Gasteiger partial charge is 0.261 e. The van der Waals surface area contributed by atoms with Crippen molar-refractivity contribution in [1.29, 1.82) is 0 Å². The highest BCUT2D eigenvalue weighted by Crippen LogP contribution is 2.15. The Balaban J connectivity index is 1.64. The van der Waals surface area contributed by atoms with Crippen LogP contribution in [-0.2, 0) is 16.1 Å². The molecule has 0 aliphatic carbocycles. The zero-order valence-electron chi connectivity index (χ0n) is 14.1. The van der Waals surface area contributed by atoms with Gasteiger partial charge in [-0.1, -0.05) is 12.1 Å². The van der Waals surface area contributed by atoms with Crippen LogP contribution in [0.4, 0.5) is 0 Å². The summed E-state index contributed by atoms with van der Waals surface area (Å²) in [6.45, 7) is 4.97. The third kappa shape index (κ3) is 3.48. The predicted octanol–water partition coefficient (Wildman–Crippen LogP) is 1.78. The summed E-state index contributed by atoms with van der Waals surface area (Å²) in [7, 11) is 0. The normalized spacial score (nSPS) is 18.7. The number of rotatable bonds is 5. The van der Waals surface area contributed by atoms with Crippen molar-refractivity contribution < 1.29 is 9.53 Å². The molecule has 0 saturated carbocycles. The number of benzene rings is 1. The first-order chi connectivity index (χ1) is 11.6. The standard InChI is InChI=1S/C18H23N3O3/c1-12-5-3-6-14-17(12)19-11-21(18(14)23)9-8-16(22)20-13(2)15-7-4-10-24-15/h3,5-6,11,13,15H,4,7-10H2,1-2H3,(H,20,22)/t13-,15+/m0/s1. The molecule has 2 heterocycles. The van der Waals surface area contributed by atoms with Crippen LogP contribution in [0.25, 0.3) is 10.9 Å². The first kappa shape index (κ1) is 16.6. The van der Waals surface area contributed by atoms with Gasteiger partial charge in [0.05, 0.1) is 29.4 Å². The Morgan fingerprint density at radius 2 is 2.33 bits per heavy atom. The summed E-state index contributed by atoms with van der Waals surface area (Å²) < 4.78 is 7.08. The Labute approximate surface area is 140 Å². The van der Waals surface area contributed by atoms with Gasteiger partial charge >= 0.3 is 0 Å². The number of hydrogen-bond acceptors (Lipinski definition) is 4. The van der Waals surface area contributed by atoms with E-state index in [1.807, 2.05) is 26.0 Å². The van der Waals surface area contributed by atoms with E-state index in [1.54, 1.807) is 6.07 Å². The van der Waals surface area contributed by atoms with Crippen LogP contribution < -0.4 is 10.9 Å². The maximum Gasteiger partial charge on any atom is 0.261 e. The third-order valence-corrected chi connectivity index (χ3v) is 4.55. The molecule has 24 heavy (non-hydrogen) atoms. The van der Waals surface area contributed by atoms with Crippen molar-refractivity contribution in [3.63, 3.8) is 0 Å². The number of para-hydroxylation sites is 1. The fourth-order valence-electron chi connectivity index (χ4n) is 3.13. The highest BCUT2D eigenvalue weighted by atomic mass is 16.5. The topological polar surface area (TPSA) is 73.2 Å². The van der Waals surface area contributed by atoms with E-state index in [0.29, 0.717) is 11.9 Å². The quantitative estimate of drug-likeness (QED) is 0.907. The zero-order valence-corrected chi connectivity index (χ0v) is 14.1. The first-order valence-electron chi connectivity index (χ1n) is 8.42. The Morgan fingerprint density at radius 1 is 1.50 bits per heavy atom. The predicted molar refractivity (Wildman–Crippen MR) is 91.9 cm³/mol. The van der Waals surface area contributed by atoms with Crippen molar-refractivity contribution in [1.82, 2.24) is 14.9 Å². The molecule has 1 aliphatic rings. The first-order valence-corrected chi connectivity index (χ1v) is 8.42. The minimum Gasteiger partial charge on any atom is -0.376 e. The van der Waals surface area contributed by atoms with Crippen molar-refractivity contribution in [2.45, 2.75) is 51.8 Å². The van der Waals surface area contributed by atoms with Crippen LogP contribution in [0.5, 0.6) is 0 Å². The Morgan fingerprint density at radius 3 is 3.08 bits per heavy atom. The Hall–Kier alpha value is -2.21. The number of nitrogens with one attached hydrogen (secondary N) is 1. The van der Waals surface area contributed by atoms with Crippen LogP contribution in [0.15, 0.2) is 29.3 Å². The molecule has 0 radical (unpaired) electrons. The average Bonchev–Trinajstić information content (AvgIpc) is 3.09. The van der Waals surface area contributed by atoms with E-state index < -0.39 is 0 Å². The van der Waals surface area contributed by atoms with Gasteiger partial charge in [-0.2, -0.15) is 0 Å². The molecule has 6 heteroatoms.